The van der Waals surface area contributed by atoms with Crippen LogP contribution in [0, 0.1) is 0 Å². The van der Waals surface area contributed by atoms with E-state index in [1.807, 2.05) is 0 Å². The van der Waals surface area contributed by atoms with Gasteiger partial charge in [0.25, 0.3) is 0 Å². The summed E-state index contributed by atoms with van der Waals surface area (Å²) in [5, 5.41) is 7.72. The molecule has 2 aromatic heterocycles. The largest absolute Gasteiger partial charge is 0.421 e. The van der Waals surface area contributed by atoms with Crippen LogP contribution in [0.4, 0.5) is 0 Å². The van der Waals surface area contributed by atoms with Crippen LogP contribution < -0.4 is 4.72 Å². The summed E-state index contributed by atoms with van der Waals surface area (Å²) in [5.74, 6) is 0.782. The molecule has 0 amide bonds. The SMILES string of the molecule is CS(=O)(=O)NCCc1nnc(-c2ccncc2)o1. The van der Waals surface area contributed by atoms with Gasteiger partial charge in [0.05, 0.1) is 6.26 Å². The second-order valence-electron chi connectivity index (χ2n) is 3.65. The number of sulfonamides is 1. The van der Waals surface area contributed by atoms with Gasteiger partial charge in [-0.15, -0.1) is 10.2 Å². The maximum absolute atomic E-state index is 10.9. The molecule has 0 fully saturated rings. The van der Waals surface area contributed by atoms with Crippen LogP contribution in [0.25, 0.3) is 11.5 Å². The van der Waals surface area contributed by atoms with Crippen LogP contribution in [-0.4, -0.2) is 36.4 Å². The molecule has 0 radical (unpaired) electrons. The van der Waals surface area contributed by atoms with Gasteiger partial charge in [0, 0.05) is 30.9 Å². The van der Waals surface area contributed by atoms with Crippen molar-refractivity contribution < 1.29 is 12.8 Å². The van der Waals surface area contributed by atoms with E-state index in [4.69, 9.17) is 4.42 Å². The van der Waals surface area contributed by atoms with E-state index in [2.05, 4.69) is 19.9 Å². The summed E-state index contributed by atoms with van der Waals surface area (Å²) in [6.45, 7) is 0.233. The first-order valence-electron chi connectivity index (χ1n) is 5.22. The molecule has 0 saturated carbocycles. The lowest BCUT2D eigenvalue weighted by molar-refractivity contribution is 0.502. The quantitative estimate of drug-likeness (QED) is 0.833. The van der Waals surface area contributed by atoms with E-state index >= 15 is 0 Å². The molecule has 0 saturated heterocycles. The van der Waals surface area contributed by atoms with E-state index in [1.54, 1.807) is 24.5 Å². The van der Waals surface area contributed by atoms with E-state index in [0.29, 0.717) is 18.2 Å². The topological polar surface area (TPSA) is 98.0 Å². The maximum atomic E-state index is 10.9. The van der Waals surface area contributed by atoms with Crippen LogP contribution in [0.1, 0.15) is 5.89 Å². The van der Waals surface area contributed by atoms with E-state index < -0.39 is 10.0 Å². The molecule has 1 N–H and O–H groups in total. The zero-order valence-electron chi connectivity index (χ0n) is 9.70. The number of rotatable bonds is 5. The maximum Gasteiger partial charge on any atom is 0.247 e. The summed E-state index contributed by atoms with van der Waals surface area (Å²) in [6, 6.07) is 3.51. The average Bonchev–Trinajstić information content (AvgIpc) is 2.77. The molecule has 2 aromatic rings. The van der Waals surface area contributed by atoms with E-state index in [1.165, 1.54) is 0 Å². The molecule has 8 heteroatoms. The van der Waals surface area contributed by atoms with Crippen LogP contribution in [-0.2, 0) is 16.4 Å². The normalized spacial score (nSPS) is 11.6. The second-order valence-corrected chi connectivity index (χ2v) is 5.49. The van der Waals surface area contributed by atoms with Crippen LogP contribution in [0.15, 0.2) is 28.9 Å². The highest BCUT2D eigenvalue weighted by Gasteiger charge is 2.08. The molecule has 18 heavy (non-hydrogen) atoms. The molecule has 2 rings (SSSR count). The lowest BCUT2D eigenvalue weighted by atomic mass is 10.3. The molecule has 7 nitrogen and oxygen atoms in total. The Morgan fingerprint density at radius 3 is 2.67 bits per heavy atom. The third-order valence-electron chi connectivity index (χ3n) is 2.10. The summed E-state index contributed by atoms with van der Waals surface area (Å²) >= 11 is 0. The minimum absolute atomic E-state index is 0.233. The molecule has 0 aliphatic carbocycles. The molecule has 2 heterocycles. The van der Waals surface area contributed by atoms with Crippen molar-refractivity contribution in [3.8, 4) is 11.5 Å². The molecule has 0 aliphatic rings. The summed E-state index contributed by atoms with van der Waals surface area (Å²) < 4.78 is 29.5. The fraction of sp³-hybridized carbons (Fsp3) is 0.300. The molecular weight excluding hydrogens is 256 g/mol. The zero-order valence-corrected chi connectivity index (χ0v) is 10.5. The van der Waals surface area contributed by atoms with Crippen molar-refractivity contribution in [2.45, 2.75) is 6.42 Å². The smallest absolute Gasteiger partial charge is 0.247 e. The van der Waals surface area contributed by atoms with Crippen molar-refractivity contribution in [1.82, 2.24) is 19.9 Å². The van der Waals surface area contributed by atoms with Crippen molar-refractivity contribution in [2.75, 3.05) is 12.8 Å². The highest BCUT2D eigenvalue weighted by Crippen LogP contribution is 2.16. The van der Waals surface area contributed by atoms with Gasteiger partial charge in [0.15, 0.2) is 0 Å². The number of aromatic nitrogens is 3. The van der Waals surface area contributed by atoms with Crippen molar-refractivity contribution in [1.29, 1.82) is 0 Å². The van der Waals surface area contributed by atoms with Gasteiger partial charge in [-0.1, -0.05) is 0 Å². The van der Waals surface area contributed by atoms with E-state index in [9.17, 15) is 8.42 Å². The van der Waals surface area contributed by atoms with E-state index in [0.717, 1.165) is 11.8 Å². The number of hydrogen-bond acceptors (Lipinski definition) is 6. The standard InChI is InChI=1S/C10H12N4O3S/c1-18(15,16)12-7-4-9-13-14-10(17-9)8-2-5-11-6-3-8/h2-3,5-6,12H,4,7H2,1H3. The summed E-state index contributed by atoms with van der Waals surface area (Å²) in [5.41, 5.74) is 0.778. The molecule has 0 bridgehead atoms. The Bertz CT molecular complexity index is 609. The highest BCUT2D eigenvalue weighted by atomic mass is 32.2. The number of nitrogens with one attached hydrogen (secondary N) is 1. The molecule has 0 unspecified atom stereocenters. The van der Waals surface area contributed by atoms with Crippen molar-refractivity contribution in [3.05, 3.63) is 30.4 Å². The van der Waals surface area contributed by atoms with Gasteiger partial charge in [0.2, 0.25) is 21.8 Å². The summed E-state index contributed by atoms with van der Waals surface area (Å²) in [6.07, 6.45) is 4.71. The Morgan fingerprint density at radius 2 is 2.00 bits per heavy atom. The van der Waals surface area contributed by atoms with Gasteiger partial charge < -0.3 is 4.42 Å². The summed E-state index contributed by atoms with van der Waals surface area (Å²) in [7, 11) is -3.19. The average molecular weight is 268 g/mol. The Labute approximate surface area is 104 Å². The molecule has 0 aromatic carbocycles. The minimum atomic E-state index is -3.19. The molecule has 0 spiro atoms. The highest BCUT2D eigenvalue weighted by molar-refractivity contribution is 7.88. The number of nitrogens with zero attached hydrogens (tertiary/aromatic N) is 3. The monoisotopic (exact) mass is 268 g/mol. The van der Waals surface area contributed by atoms with E-state index in [-0.39, 0.29) is 6.54 Å². The molecule has 0 aliphatic heterocycles. The Hall–Kier alpha value is -1.80. The Morgan fingerprint density at radius 1 is 1.28 bits per heavy atom. The van der Waals surface area contributed by atoms with Crippen molar-refractivity contribution in [3.63, 3.8) is 0 Å². The zero-order chi connectivity index (χ0) is 13.0. The van der Waals surface area contributed by atoms with Gasteiger partial charge in [-0.3, -0.25) is 4.98 Å². The first kappa shape index (κ1) is 12.7. The fourth-order valence-corrected chi connectivity index (χ4v) is 1.78. The fourth-order valence-electron chi connectivity index (χ4n) is 1.31. The lowest BCUT2D eigenvalue weighted by Crippen LogP contribution is -2.24. The van der Waals surface area contributed by atoms with Crippen LogP contribution in [0.3, 0.4) is 0 Å². The number of hydrogen-bond donors (Lipinski definition) is 1. The third-order valence-corrected chi connectivity index (χ3v) is 2.83. The Kier molecular flexibility index (Phi) is 3.68. The van der Waals surface area contributed by atoms with Crippen LogP contribution in [0.2, 0.25) is 0 Å². The molecule has 0 atom stereocenters. The molecular formula is C10H12N4O3S. The van der Waals surface area contributed by atoms with Gasteiger partial charge in [-0.05, 0) is 12.1 Å². The predicted molar refractivity (Wildman–Crippen MR) is 64.1 cm³/mol. The first-order chi connectivity index (χ1) is 8.54. The van der Waals surface area contributed by atoms with Gasteiger partial charge in [0.1, 0.15) is 0 Å². The minimum Gasteiger partial charge on any atom is -0.421 e. The van der Waals surface area contributed by atoms with Crippen LogP contribution >= 0.6 is 0 Å². The predicted octanol–water partition coefficient (Wildman–Crippen LogP) is 0.223. The number of pyridine rings is 1. The Balaban J connectivity index is 1.99. The van der Waals surface area contributed by atoms with Gasteiger partial charge in [-0.2, -0.15) is 0 Å². The molecule has 96 valence electrons. The van der Waals surface area contributed by atoms with Crippen LogP contribution in [0.5, 0.6) is 0 Å². The summed E-state index contributed by atoms with van der Waals surface area (Å²) in [4.78, 5) is 3.89. The van der Waals surface area contributed by atoms with Crippen molar-refractivity contribution in [2.24, 2.45) is 0 Å². The van der Waals surface area contributed by atoms with Gasteiger partial charge >= 0.3 is 0 Å². The van der Waals surface area contributed by atoms with Gasteiger partial charge in [-0.25, -0.2) is 13.1 Å². The third kappa shape index (κ3) is 3.60. The first-order valence-corrected chi connectivity index (χ1v) is 7.11. The van der Waals surface area contributed by atoms with Crippen molar-refractivity contribution >= 4 is 10.0 Å². The lowest BCUT2D eigenvalue weighted by Gasteiger charge is -1.98. The second kappa shape index (κ2) is 5.23.